The van der Waals surface area contributed by atoms with Gasteiger partial charge in [0.05, 0.1) is 10.2 Å². The van der Waals surface area contributed by atoms with Crippen molar-refractivity contribution in [1.82, 2.24) is 20.2 Å². The van der Waals surface area contributed by atoms with E-state index in [-0.39, 0.29) is 5.82 Å². The minimum Gasteiger partial charge on any atom is -0.381 e. The van der Waals surface area contributed by atoms with Crippen molar-refractivity contribution < 1.29 is 0 Å². The van der Waals surface area contributed by atoms with E-state index in [0.717, 1.165) is 16.6 Å². The van der Waals surface area contributed by atoms with Gasteiger partial charge in [0.25, 0.3) is 0 Å². The first-order valence-electron chi connectivity index (χ1n) is 5.65. The predicted octanol–water partition coefficient (Wildman–Crippen LogP) is 1.46. The molecule has 0 aliphatic carbocycles. The molecule has 2 heterocycles. The molecule has 98 valence electrons. The third kappa shape index (κ3) is 3.42. The Balaban J connectivity index is 1.81. The van der Waals surface area contributed by atoms with Gasteiger partial charge in [-0.15, -0.1) is 0 Å². The number of aromatic nitrogens is 4. The fraction of sp³-hybridized carbons (Fsp3) is 0.273. The van der Waals surface area contributed by atoms with Gasteiger partial charge in [-0.1, -0.05) is 0 Å². The van der Waals surface area contributed by atoms with E-state index in [0.29, 0.717) is 24.5 Å². The number of aromatic amines is 1. The van der Waals surface area contributed by atoms with E-state index >= 15 is 0 Å². The zero-order valence-electron chi connectivity index (χ0n) is 10.0. The highest BCUT2D eigenvalue weighted by atomic mass is 79.9. The first kappa shape index (κ1) is 13.3. The maximum atomic E-state index is 8.92. The fourth-order valence-electron chi connectivity index (χ4n) is 1.57. The molecule has 0 fully saturated rings. The van der Waals surface area contributed by atoms with Crippen LogP contribution in [0.1, 0.15) is 17.7 Å². The molecular formula is C11H12BrN7. The predicted molar refractivity (Wildman–Crippen MR) is 74.3 cm³/mol. The molecule has 0 spiro atoms. The monoisotopic (exact) mass is 321 g/mol. The minimum atomic E-state index is 0.252. The molecule has 4 N–H and O–H groups in total. The van der Waals surface area contributed by atoms with Gasteiger partial charge in [0, 0.05) is 18.9 Å². The van der Waals surface area contributed by atoms with E-state index in [9.17, 15) is 0 Å². The van der Waals surface area contributed by atoms with Crippen LogP contribution in [0.3, 0.4) is 0 Å². The molecule has 2 rings (SSSR count). The van der Waals surface area contributed by atoms with Gasteiger partial charge in [0.2, 0.25) is 5.95 Å². The highest BCUT2D eigenvalue weighted by molar-refractivity contribution is 9.10. The lowest BCUT2D eigenvalue weighted by Gasteiger charge is -2.03. The molecule has 0 bridgehead atoms. The maximum Gasteiger partial charge on any atom is 0.222 e. The van der Waals surface area contributed by atoms with Crippen LogP contribution in [-0.2, 0) is 6.42 Å². The van der Waals surface area contributed by atoms with Crippen LogP contribution in [0.5, 0.6) is 0 Å². The molecule has 0 amide bonds. The molecule has 0 aromatic carbocycles. The summed E-state index contributed by atoms with van der Waals surface area (Å²) < 4.78 is 0.838. The van der Waals surface area contributed by atoms with Gasteiger partial charge >= 0.3 is 0 Å². The topological polar surface area (TPSA) is 116 Å². The Bertz CT molecular complexity index is 584. The average Bonchev–Trinajstić information content (AvgIpc) is 2.77. The number of nitrogens with two attached hydrogens (primary N) is 1. The lowest BCUT2D eigenvalue weighted by molar-refractivity contribution is 0.818. The number of aryl methyl sites for hydroxylation is 1. The molecule has 2 aromatic rings. The molecule has 2 aromatic heterocycles. The molecule has 0 unspecified atom stereocenters. The van der Waals surface area contributed by atoms with Gasteiger partial charge in [0.15, 0.2) is 5.82 Å². The van der Waals surface area contributed by atoms with Gasteiger partial charge < -0.3 is 11.1 Å². The molecule has 0 saturated heterocycles. The summed E-state index contributed by atoms with van der Waals surface area (Å²) in [5.41, 5.74) is 6.75. The van der Waals surface area contributed by atoms with Crippen molar-refractivity contribution in [3.8, 4) is 6.07 Å². The number of hydrogen-bond donors (Lipinski definition) is 3. The first-order valence-corrected chi connectivity index (χ1v) is 6.44. The second-order valence-electron chi connectivity index (χ2n) is 3.83. The Hall–Kier alpha value is -2.14. The third-order valence-electron chi connectivity index (χ3n) is 2.49. The van der Waals surface area contributed by atoms with Crippen LogP contribution in [0.4, 0.5) is 11.8 Å². The summed E-state index contributed by atoms with van der Waals surface area (Å²) >= 11 is 3.27. The van der Waals surface area contributed by atoms with Crippen LogP contribution in [-0.4, -0.2) is 26.7 Å². The maximum absolute atomic E-state index is 8.92. The van der Waals surface area contributed by atoms with Crippen LogP contribution < -0.4 is 11.1 Å². The van der Waals surface area contributed by atoms with Crippen molar-refractivity contribution in [2.24, 2.45) is 0 Å². The van der Waals surface area contributed by atoms with Crippen molar-refractivity contribution in [3.63, 3.8) is 0 Å². The number of nitrogens with zero attached hydrogens (tertiary/aromatic N) is 4. The van der Waals surface area contributed by atoms with Crippen LogP contribution in [0.15, 0.2) is 16.9 Å². The molecule has 7 nitrogen and oxygen atoms in total. The molecular weight excluding hydrogens is 310 g/mol. The zero-order valence-corrected chi connectivity index (χ0v) is 11.6. The van der Waals surface area contributed by atoms with E-state index in [1.165, 1.54) is 0 Å². The Morgan fingerprint density at radius 1 is 1.42 bits per heavy atom. The van der Waals surface area contributed by atoms with E-state index in [4.69, 9.17) is 11.0 Å². The second kappa shape index (κ2) is 6.15. The number of nitrogens with one attached hydrogen (secondary N) is 2. The lowest BCUT2D eigenvalue weighted by atomic mass is 10.1. The standard InChI is InChI=1S/C11H12BrN7/c12-7-5-16-11(17-6-7)15-3-1-2-9-8(4-13)10(14)19-18-9/h5-6H,1-3H2,(H3,14,18,19)(H,15,16,17). The van der Waals surface area contributed by atoms with Crippen molar-refractivity contribution in [1.29, 1.82) is 5.26 Å². The highest BCUT2D eigenvalue weighted by Crippen LogP contribution is 2.13. The average molecular weight is 322 g/mol. The number of rotatable bonds is 5. The van der Waals surface area contributed by atoms with E-state index in [1.54, 1.807) is 12.4 Å². The van der Waals surface area contributed by atoms with Gasteiger partial charge in [-0.2, -0.15) is 10.4 Å². The van der Waals surface area contributed by atoms with Crippen LogP contribution >= 0.6 is 15.9 Å². The normalized spacial score (nSPS) is 10.1. The summed E-state index contributed by atoms with van der Waals surface area (Å²) in [7, 11) is 0. The van der Waals surface area contributed by atoms with Gasteiger partial charge in [-0.3, -0.25) is 5.10 Å². The summed E-state index contributed by atoms with van der Waals surface area (Å²) in [5, 5.41) is 18.6. The van der Waals surface area contributed by atoms with Crippen LogP contribution in [0.2, 0.25) is 0 Å². The SMILES string of the molecule is N#Cc1c(N)n[nH]c1CCCNc1ncc(Br)cn1. The number of anilines is 2. The van der Waals surface area contributed by atoms with E-state index in [1.807, 2.05) is 6.07 Å². The molecule has 8 heteroatoms. The van der Waals surface area contributed by atoms with Crippen LogP contribution in [0.25, 0.3) is 0 Å². The van der Waals surface area contributed by atoms with E-state index in [2.05, 4.69) is 41.4 Å². The summed E-state index contributed by atoms with van der Waals surface area (Å²) in [6, 6.07) is 2.04. The molecule has 0 aliphatic rings. The van der Waals surface area contributed by atoms with Crippen molar-refractivity contribution >= 4 is 27.7 Å². The molecule has 19 heavy (non-hydrogen) atoms. The number of halogens is 1. The molecule has 0 radical (unpaired) electrons. The van der Waals surface area contributed by atoms with Crippen molar-refractivity contribution in [2.45, 2.75) is 12.8 Å². The number of H-pyrrole nitrogens is 1. The minimum absolute atomic E-state index is 0.252. The van der Waals surface area contributed by atoms with Gasteiger partial charge in [0.1, 0.15) is 11.6 Å². The Morgan fingerprint density at radius 2 is 2.16 bits per heavy atom. The summed E-state index contributed by atoms with van der Waals surface area (Å²) in [4.78, 5) is 8.20. The van der Waals surface area contributed by atoms with Crippen LogP contribution in [0, 0.1) is 11.3 Å². The summed E-state index contributed by atoms with van der Waals surface area (Å²) in [5.74, 6) is 0.828. The van der Waals surface area contributed by atoms with E-state index < -0.39 is 0 Å². The van der Waals surface area contributed by atoms with Crippen molar-refractivity contribution in [3.05, 3.63) is 28.1 Å². The Labute approximate surface area is 118 Å². The zero-order chi connectivity index (χ0) is 13.7. The lowest BCUT2D eigenvalue weighted by Crippen LogP contribution is -2.06. The molecule has 0 aliphatic heterocycles. The Kier molecular flexibility index (Phi) is 4.30. The molecule has 0 saturated carbocycles. The summed E-state index contributed by atoms with van der Waals surface area (Å²) in [6.07, 6.45) is 4.86. The Morgan fingerprint density at radius 3 is 2.84 bits per heavy atom. The largest absolute Gasteiger partial charge is 0.381 e. The third-order valence-corrected chi connectivity index (χ3v) is 2.90. The van der Waals surface area contributed by atoms with Crippen molar-refractivity contribution in [2.75, 3.05) is 17.6 Å². The quantitative estimate of drug-likeness (QED) is 0.718. The number of nitriles is 1. The molecule has 0 atom stereocenters. The van der Waals surface area contributed by atoms with Gasteiger partial charge in [-0.05, 0) is 28.8 Å². The number of nitrogen functional groups attached to an aromatic ring is 1. The first-order chi connectivity index (χ1) is 9.20. The highest BCUT2D eigenvalue weighted by Gasteiger charge is 2.09. The summed E-state index contributed by atoms with van der Waals surface area (Å²) in [6.45, 7) is 0.700. The smallest absolute Gasteiger partial charge is 0.222 e. The fourth-order valence-corrected chi connectivity index (χ4v) is 1.77. The second-order valence-corrected chi connectivity index (χ2v) is 4.75. The number of hydrogen-bond acceptors (Lipinski definition) is 6. The van der Waals surface area contributed by atoms with Gasteiger partial charge in [-0.25, -0.2) is 9.97 Å².